The van der Waals surface area contributed by atoms with E-state index in [9.17, 15) is 0 Å². The van der Waals surface area contributed by atoms with Crippen LogP contribution in [0.5, 0.6) is 0 Å². The summed E-state index contributed by atoms with van der Waals surface area (Å²) in [6, 6.07) is 4.71. The number of aryl methyl sites for hydroxylation is 1. The monoisotopic (exact) mass is 286 g/mol. The molecule has 0 unspecified atom stereocenters. The second kappa shape index (κ2) is 5.21. The number of halogens is 1. The molecule has 1 N–H and O–H groups in total. The fourth-order valence-electron chi connectivity index (χ4n) is 1.68. The molecule has 0 amide bonds. The van der Waals surface area contributed by atoms with E-state index in [-0.39, 0.29) is 0 Å². The van der Waals surface area contributed by atoms with Gasteiger partial charge in [-0.25, -0.2) is 4.98 Å². The molecular formula is C11H15BrN2S. The van der Waals surface area contributed by atoms with Crippen molar-refractivity contribution in [2.75, 3.05) is 16.8 Å². The predicted octanol–water partition coefficient (Wildman–Crippen LogP) is 3.46. The average Bonchev–Trinajstić information content (AvgIpc) is 2.25. The molecule has 1 aliphatic rings. The zero-order valence-electron chi connectivity index (χ0n) is 8.79. The number of nitrogens with zero attached hydrogens (tertiary/aromatic N) is 1. The van der Waals surface area contributed by atoms with Crippen LogP contribution in [0, 0.1) is 6.92 Å². The van der Waals surface area contributed by atoms with Gasteiger partial charge in [0.15, 0.2) is 0 Å². The van der Waals surface area contributed by atoms with E-state index in [4.69, 9.17) is 0 Å². The molecule has 0 spiro atoms. The number of thioether (sulfide) groups is 1. The summed E-state index contributed by atoms with van der Waals surface area (Å²) in [5.41, 5.74) is 1.05. The van der Waals surface area contributed by atoms with Gasteiger partial charge in [-0.05, 0) is 59.3 Å². The minimum atomic E-state index is 0.610. The normalized spacial score (nSPS) is 17.7. The lowest BCUT2D eigenvalue weighted by molar-refractivity contribution is 0.663. The van der Waals surface area contributed by atoms with Crippen LogP contribution in [-0.4, -0.2) is 22.5 Å². The van der Waals surface area contributed by atoms with Crippen LogP contribution >= 0.6 is 27.7 Å². The van der Waals surface area contributed by atoms with Crippen LogP contribution in [-0.2, 0) is 0 Å². The summed E-state index contributed by atoms with van der Waals surface area (Å²) in [7, 11) is 0. The Balaban J connectivity index is 2.00. The molecule has 0 bridgehead atoms. The lowest BCUT2D eigenvalue weighted by Gasteiger charge is -2.23. The number of hydrogen-bond acceptors (Lipinski definition) is 3. The molecular weight excluding hydrogens is 272 g/mol. The molecule has 0 atom stereocenters. The molecule has 2 heterocycles. The fourth-order valence-corrected chi connectivity index (χ4v) is 3.00. The Morgan fingerprint density at radius 1 is 1.40 bits per heavy atom. The van der Waals surface area contributed by atoms with Crippen molar-refractivity contribution in [3.05, 3.63) is 22.3 Å². The first-order chi connectivity index (χ1) is 7.25. The van der Waals surface area contributed by atoms with Gasteiger partial charge in [-0.15, -0.1) is 0 Å². The summed E-state index contributed by atoms with van der Waals surface area (Å²) < 4.78 is 1.08. The Hall–Kier alpha value is -0.220. The standard InChI is InChI=1S/C11H15BrN2S/c1-8-10(12)2-3-11(13-8)14-9-4-6-15-7-5-9/h2-3,9H,4-7H2,1H3,(H,13,14). The zero-order valence-corrected chi connectivity index (χ0v) is 11.2. The number of anilines is 1. The molecule has 0 aromatic carbocycles. The first-order valence-corrected chi connectivity index (χ1v) is 7.18. The van der Waals surface area contributed by atoms with E-state index in [1.807, 2.05) is 24.8 Å². The Morgan fingerprint density at radius 2 is 2.13 bits per heavy atom. The summed E-state index contributed by atoms with van der Waals surface area (Å²) in [5, 5.41) is 3.50. The SMILES string of the molecule is Cc1nc(NC2CCSCC2)ccc1Br. The zero-order chi connectivity index (χ0) is 10.7. The van der Waals surface area contributed by atoms with Gasteiger partial charge in [0.2, 0.25) is 0 Å². The molecule has 0 aliphatic carbocycles. The quantitative estimate of drug-likeness (QED) is 0.901. The van der Waals surface area contributed by atoms with Crippen molar-refractivity contribution >= 4 is 33.5 Å². The molecule has 1 aliphatic heterocycles. The Labute approximate surface area is 103 Å². The number of pyridine rings is 1. The van der Waals surface area contributed by atoms with E-state index >= 15 is 0 Å². The molecule has 4 heteroatoms. The predicted molar refractivity (Wildman–Crippen MR) is 70.6 cm³/mol. The lowest BCUT2D eigenvalue weighted by Crippen LogP contribution is -2.25. The van der Waals surface area contributed by atoms with E-state index in [0.717, 1.165) is 16.0 Å². The lowest BCUT2D eigenvalue weighted by atomic mass is 10.1. The third kappa shape index (κ3) is 3.11. The van der Waals surface area contributed by atoms with Crippen LogP contribution in [0.25, 0.3) is 0 Å². The minimum Gasteiger partial charge on any atom is -0.367 e. The molecule has 0 saturated carbocycles. The van der Waals surface area contributed by atoms with Crippen LogP contribution in [0.2, 0.25) is 0 Å². The molecule has 1 fully saturated rings. The molecule has 1 saturated heterocycles. The average molecular weight is 287 g/mol. The molecule has 15 heavy (non-hydrogen) atoms. The Kier molecular flexibility index (Phi) is 3.92. The van der Waals surface area contributed by atoms with E-state index in [1.54, 1.807) is 0 Å². The van der Waals surface area contributed by atoms with Crippen molar-refractivity contribution in [3.8, 4) is 0 Å². The van der Waals surface area contributed by atoms with Gasteiger partial charge in [-0.3, -0.25) is 0 Å². The number of hydrogen-bond donors (Lipinski definition) is 1. The Bertz CT molecular complexity index is 337. The maximum Gasteiger partial charge on any atom is 0.126 e. The minimum absolute atomic E-state index is 0.610. The van der Waals surface area contributed by atoms with E-state index in [1.165, 1.54) is 24.3 Å². The number of aromatic nitrogens is 1. The van der Waals surface area contributed by atoms with Crippen LogP contribution in [0.1, 0.15) is 18.5 Å². The van der Waals surface area contributed by atoms with Crippen molar-refractivity contribution in [1.29, 1.82) is 0 Å². The van der Waals surface area contributed by atoms with Crippen LogP contribution in [0.4, 0.5) is 5.82 Å². The summed E-state index contributed by atoms with van der Waals surface area (Å²) >= 11 is 5.51. The van der Waals surface area contributed by atoms with E-state index in [0.29, 0.717) is 6.04 Å². The van der Waals surface area contributed by atoms with E-state index < -0.39 is 0 Å². The van der Waals surface area contributed by atoms with Crippen molar-refractivity contribution < 1.29 is 0 Å². The number of rotatable bonds is 2. The summed E-state index contributed by atoms with van der Waals surface area (Å²) in [6.07, 6.45) is 2.50. The summed E-state index contributed by atoms with van der Waals surface area (Å²) in [4.78, 5) is 4.50. The maximum absolute atomic E-state index is 4.50. The summed E-state index contributed by atoms with van der Waals surface area (Å²) in [6.45, 7) is 2.02. The molecule has 2 rings (SSSR count). The van der Waals surface area contributed by atoms with E-state index in [2.05, 4.69) is 32.3 Å². The molecule has 82 valence electrons. The smallest absolute Gasteiger partial charge is 0.126 e. The van der Waals surface area contributed by atoms with Gasteiger partial charge in [0.25, 0.3) is 0 Å². The van der Waals surface area contributed by atoms with Crippen molar-refractivity contribution in [3.63, 3.8) is 0 Å². The molecule has 1 aromatic heterocycles. The highest BCUT2D eigenvalue weighted by atomic mass is 79.9. The third-order valence-electron chi connectivity index (χ3n) is 2.59. The first kappa shape index (κ1) is 11.3. The Morgan fingerprint density at radius 3 is 2.80 bits per heavy atom. The van der Waals surface area contributed by atoms with Crippen LogP contribution in [0.15, 0.2) is 16.6 Å². The third-order valence-corrected chi connectivity index (χ3v) is 4.48. The first-order valence-electron chi connectivity index (χ1n) is 5.23. The largest absolute Gasteiger partial charge is 0.367 e. The van der Waals surface area contributed by atoms with Gasteiger partial charge in [-0.1, -0.05) is 0 Å². The number of nitrogens with one attached hydrogen (secondary N) is 1. The van der Waals surface area contributed by atoms with Crippen molar-refractivity contribution in [2.24, 2.45) is 0 Å². The highest BCUT2D eigenvalue weighted by Crippen LogP contribution is 2.21. The highest BCUT2D eigenvalue weighted by Gasteiger charge is 2.13. The van der Waals surface area contributed by atoms with Crippen LogP contribution in [0.3, 0.4) is 0 Å². The fraction of sp³-hybridized carbons (Fsp3) is 0.545. The van der Waals surface area contributed by atoms with Gasteiger partial charge >= 0.3 is 0 Å². The second-order valence-electron chi connectivity index (χ2n) is 3.79. The molecule has 1 aromatic rings. The summed E-state index contributed by atoms with van der Waals surface area (Å²) in [5.74, 6) is 3.55. The van der Waals surface area contributed by atoms with Crippen molar-refractivity contribution in [1.82, 2.24) is 4.98 Å². The van der Waals surface area contributed by atoms with Gasteiger partial charge in [0.05, 0.1) is 5.69 Å². The van der Waals surface area contributed by atoms with Crippen LogP contribution < -0.4 is 5.32 Å². The van der Waals surface area contributed by atoms with Gasteiger partial charge in [-0.2, -0.15) is 11.8 Å². The highest BCUT2D eigenvalue weighted by molar-refractivity contribution is 9.10. The second-order valence-corrected chi connectivity index (χ2v) is 5.87. The van der Waals surface area contributed by atoms with Gasteiger partial charge in [0, 0.05) is 10.5 Å². The maximum atomic E-state index is 4.50. The van der Waals surface area contributed by atoms with Gasteiger partial charge in [0.1, 0.15) is 5.82 Å². The topological polar surface area (TPSA) is 24.9 Å². The molecule has 0 radical (unpaired) electrons. The van der Waals surface area contributed by atoms with Crippen molar-refractivity contribution in [2.45, 2.75) is 25.8 Å². The van der Waals surface area contributed by atoms with Gasteiger partial charge < -0.3 is 5.32 Å². The molecule has 2 nitrogen and oxygen atoms in total.